The Kier molecular flexibility index (Phi) is 4.77. The number of rotatable bonds is 7. The number of carbonyl (C=O) groups is 1. The second kappa shape index (κ2) is 6.39. The van der Waals surface area contributed by atoms with Crippen molar-refractivity contribution < 1.29 is 9.90 Å². The molecule has 2 N–H and O–H groups in total. The van der Waals surface area contributed by atoms with E-state index in [4.69, 9.17) is 0 Å². The summed E-state index contributed by atoms with van der Waals surface area (Å²) in [4.78, 5) is 24.0. The molecule has 1 amide bonds. The van der Waals surface area contributed by atoms with Gasteiger partial charge in [0.15, 0.2) is 0 Å². The Bertz CT molecular complexity index is 566. The van der Waals surface area contributed by atoms with Gasteiger partial charge in [0.1, 0.15) is 5.69 Å². The average molecular weight is 293 g/mol. The number of nitrogens with zero attached hydrogens (tertiary/aromatic N) is 2. The first-order valence-corrected chi connectivity index (χ1v) is 7.51. The lowest BCUT2D eigenvalue weighted by Crippen LogP contribution is -2.51. The summed E-state index contributed by atoms with van der Waals surface area (Å²) in [5.74, 6) is -0.0267. The molecule has 1 unspecified atom stereocenters. The topological polar surface area (TPSA) is 84.2 Å². The Balaban J connectivity index is 2.13. The number of aryl methyl sites for hydroxylation is 1. The third-order valence-corrected chi connectivity index (χ3v) is 4.03. The van der Waals surface area contributed by atoms with Gasteiger partial charge in [0.2, 0.25) is 0 Å². The standard InChI is InChI=1S/C15H23N3O3/c1-3-4-9-18-13(20)8-7-12(17-18)14(21)16-15(2,10-19)11-5-6-11/h7-8,11,19H,3-6,9-10H2,1-2H3,(H,16,21). The van der Waals surface area contributed by atoms with Crippen LogP contribution in [0.15, 0.2) is 16.9 Å². The zero-order valence-electron chi connectivity index (χ0n) is 12.6. The monoisotopic (exact) mass is 293 g/mol. The number of carbonyl (C=O) groups excluding carboxylic acids is 1. The quantitative estimate of drug-likeness (QED) is 0.783. The van der Waals surface area contributed by atoms with E-state index in [1.165, 1.54) is 16.8 Å². The highest BCUT2D eigenvalue weighted by molar-refractivity contribution is 5.92. The van der Waals surface area contributed by atoms with E-state index in [9.17, 15) is 14.7 Å². The van der Waals surface area contributed by atoms with Crippen LogP contribution in [-0.4, -0.2) is 32.9 Å². The highest BCUT2D eigenvalue weighted by Gasteiger charge is 2.42. The average Bonchev–Trinajstić information content (AvgIpc) is 3.31. The molecular weight excluding hydrogens is 270 g/mol. The largest absolute Gasteiger partial charge is 0.394 e. The minimum atomic E-state index is -0.608. The summed E-state index contributed by atoms with van der Waals surface area (Å²) >= 11 is 0. The summed E-state index contributed by atoms with van der Waals surface area (Å²) < 4.78 is 1.33. The van der Waals surface area contributed by atoms with Crippen LogP contribution in [0.25, 0.3) is 0 Å². The van der Waals surface area contributed by atoms with E-state index in [1.54, 1.807) is 0 Å². The molecule has 6 nitrogen and oxygen atoms in total. The van der Waals surface area contributed by atoms with Crippen LogP contribution in [-0.2, 0) is 6.54 Å². The lowest BCUT2D eigenvalue weighted by atomic mass is 9.97. The molecule has 0 spiro atoms. The second-order valence-corrected chi connectivity index (χ2v) is 5.94. The Labute approximate surface area is 124 Å². The molecule has 1 aliphatic rings. The maximum absolute atomic E-state index is 12.3. The SMILES string of the molecule is CCCCn1nc(C(=O)NC(C)(CO)C2CC2)ccc1=O. The zero-order valence-corrected chi connectivity index (χ0v) is 12.6. The number of aromatic nitrogens is 2. The molecule has 0 radical (unpaired) electrons. The maximum Gasteiger partial charge on any atom is 0.272 e. The van der Waals surface area contributed by atoms with Crippen molar-refractivity contribution in [1.82, 2.24) is 15.1 Å². The van der Waals surface area contributed by atoms with Crippen LogP contribution in [0.4, 0.5) is 0 Å². The predicted octanol–water partition coefficient (Wildman–Crippen LogP) is 0.934. The van der Waals surface area contributed by atoms with E-state index >= 15 is 0 Å². The smallest absolute Gasteiger partial charge is 0.272 e. The van der Waals surface area contributed by atoms with Gasteiger partial charge in [-0.3, -0.25) is 9.59 Å². The third kappa shape index (κ3) is 3.69. The molecule has 21 heavy (non-hydrogen) atoms. The van der Waals surface area contributed by atoms with Gasteiger partial charge in [-0.2, -0.15) is 5.10 Å². The first kappa shape index (κ1) is 15.7. The molecule has 0 aliphatic heterocycles. The summed E-state index contributed by atoms with van der Waals surface area (Å²) in [5.41, 5.74) is -0.596. The molecule has 1 saturated carbocycles. The van der Waals surface area contributed by atoms with Crippen LogP contribution in [0.3, 0.4) is 0 Å². The van der Waals surface area contributed by atoms with Gasteiger partial charge in [0.25, 0.3) is 11.5 Å². The zero-order chi connectivity index (χ0) is 15.5. The van der Waals surface area contributed by atoms with E-state index in [0.29, 0.717) is 12.5 Å². The Morgan fingerprint density at radius 2 is 2.24 bits per heavy atom. The van der Waals surface area contributed by atoms with E-state index in [2.05, 4.69) is 10.4 Å². The second-order valence-electron chi connectivity index (χ2n) is 5.94. The molecular formula is C15H23N3O3. The van der Waals surface area contributed by atoms with Crippen molar-refractivity contribution in [3.8, 4) is 0 Å². The minimum absolute atomic E-state index is 0.0983. The van der Waals surface area contributed by atoms with Crippen molar-refractivity contribution in [2.45, 2.75) is 51.6 Å². The van der Waals surface area contributed by atoms with Crippen LogP contribution in [0.2, 0.25) is 0 Å². The molecule has 1 atom stereocenters. The van der Waals surface area contributed by atoms with E-state index < -0.39 is 5.54 Å². The fourth-order valence-electron chi connectivity index (χ4n) is 2.35. The van der Waals surface area contributed by atoms with Gasteiger partial charge in [-0.25, -0.2) is 4.68 Å². The van der Waals surface area contributed by atoms with Crippen molar-refractivity contribution in [3.63, 3.8) is 0 Å². The Hall–Kier alpha value is -1.69. The van der Waals surface area contributed by atoms with Gasteiger partial charge in [0.05, 0.1) is 12.1 Å². The van der Waals surface area contributed by atoms with Crippen LogP contribution in [0.5, 0.6) is 0 Å². The van der Waals surface area contributed by atoms with Crippen LogP contribution in [0, 0.1) is 5.92 Å². The molecule has 0 saturated heterocycles. The van der Waals surface area contributed by atoms with Crippen molar-refractivity contribution in [3.05, 3.63) is 28.2 Å². The molecule has 6 heteroatoms. The van der Waals surface area contributed by atoms with Crippen LogP contribution < -0.4 is 10.9 Å². The lowest BCUT2D eigenvalue weighted by Gasteiger charge is -2.28. The normalized spacial score (nSPS) is 17.3. The number of nitrogens with one attached hydrogen (secondary N) is 1. The Morgan fingerprint density at radius 3 is 2.81 bits per heavy atom. The summed E-state index contributed by atoms with van der Waals surface area (Å²) in [6.45, 7) is 4.29. The lowest BCUT2D eigenvalue weighted by molar-refractivity contribution is 0.0817. The van der Waals surface area contributed by atoms with Crippen molar-refractivity contribution in [1.29, 1.82) is 0 Å². The first-order valence-electron chi connectivity index (χ1n) is 7.51. The van der Waals surface area contributed by atoms with E-state index in [1.807, 2.05) is 13.8 Å². The molecule has 1 aliphatic carbocycles. The van der Waals surface area contributed by atoms with Crippen molar-refractivity contribution >= 4 is 5.91 Å². The van der Waals surface area contributed by atoms with Gasteiger partial charge in [0, 0.05) is 12.6 Å². The number of aliphatic hydroxyl groups is 1. The molecule has 2 rings (SSSR count). The molecule has 1 aromatic rings. The highest BCUT2D eigenvalue weighted by Crippen LogP contribution is 2.39. The van der Waals surface area contributed by atoms with Crippen molar-refractivity contribution in [2.24, 2.45) is 5.92 Å². The predicted molar refractivity (Wildman–Crippen MR) is 79.1 cm³/mol. The third-order valence-electron chi connectivity index (χ3n) is 4.03. The molecule has 0 bridgehead atoms. The Morgan fingerprint density at radius 1 is 1.52 bits per heavy atom. The summed E-state index contributed by atoms with van der Waals surface area (Å²) in [6, 6.07) is 2.80. The van der Waals surface area contributed by atoms with Crippen LogP contribution in [0.1, 0.15) is 50.0 Å². The fourth-order valence-corrected chi connectivity index (χ4v) is 2.35. The molecule has 1 aromatic heterocycles. The number of unbranched alkanes of at least 4 members (excludes halogenated alkanes) is 1. The van der Waals surface area contributed by atoms with E-state index in [0.717, 1.165) is 25.7 Å². The summed E-state index contributed by atoms with van der Waals surface area (Å²) in [5, 5.41) is 16.5. The van der Waals surface area contributed by atoms with Gasteiger partial charge in [-0.05, 0) is 38.2 Å². The highest BCUT2D eigenvalue weighted by atomic mass is 16.3. The summed E-state index contributed by atoms with van der Waals surface area (Å²) in [6.07, 6.45) is 3.82. The fraction of sp³-hybridized carbons (Fsp3) is 0.667. The number of aliphatic hydroxyl groups excluding tert-OH is 1. The molecule has 0 aromatic carbocycles. The minimum Gasteiger partial charge on any atom is -0.394 e. The molecule has 116 valence electrons. The van der Waals surface area contributed by atoms with Gasteiger partial charge in [-0.1, -0.05) is 13.3 Å². The first-order chi connectivity index (χ1) is 10.00. The van der Waals surface area contributed by atoms with Crippen LogP contribution >= 0.6 is 0 Å². The number of amides is 1. The summed E-state index contributed by atoms with van der Waals surface area (Å²) in [7, 11) is 0. The maximum atomic E-state index is 12.3. The van der Waals surface area contributed by atoms with Crippen molar-refractivity contribution in [2.75, 3.05) is 6.61 Å². The molecule has 1 heterocycles. The van der Waals surface area contributed by atoms with E-state index in [-0.39, 0.29) is 23.8 Å². The van der Waals surface area contributed by atoms with Gasteiger partial charge >= 0.3 is 0 Å². The number of hydrogen-bond acceptors (Lipinski definition) is 4. The number of hydrogen-bond donors (Lipinski definition) is 2. The molecule has 1 fully saturated rings. The van der Waals surface area contributed by atoms with Gasteiger partial charge < -0.3 is 10.4 Å². The van der Waals surface area contributed by atoms with Gasteiger partial charge in [-0.15, -0.1) is 0 Å².